The predicted molar refractivity (Wildman–Crippen MR) is 349 cm³/mol. The fourth-order valence-corrected chi connectivity index (χ4v) is 11.2. The molecule has 12 heteroatoms. The topological polar surface area (TPSA) is 75.4 Å². The molecule has 6 aromatic carbocycles. The first kappa shape index (κ1) is 53.5. The molecule has 9 aromatic rings. The number of aryl methyl sites for hydroxylation is 1. The SMILES string of the molecule is [2H]C([2H])([2H])n1c(-n2c3[c-]c(Oc4[c-]c(N5[CH-]N(c6c(/C7=C/C=C\N/C=C\C=C/[B]7)cccc6/C6=C/C=C\N/C=C\C=C/[B]6)c6ccccc65)cc(-c5c(C(C)(C)C)cccc5C(C)(C)C)n4)ccc3c3cc(C(C)(C)C)ccc32)nc2ccccc21.[Pt]. The zero-order chi connectivity index (χ0) is 60.1. The Balaban J connectivity index is 0.00000784. The van der Waals surface area contributed by atoms with Crippen molar-refractivity contribution in [1.82, 2.24) is 29.7 Å². The molecule has 3 aliphatic rings. The summed E-state index contributed by atoms with van der Waals surface area (Å²) in [6.07, 6.45) is 24.0. The number of anilines is 4. The molecular weight excluding hydrogens is 1210 g/mol. The second-order valence-electron chi connectivity index (χ2n) is 24.1. The second kappa shape index (κ2) is 23.3. The van der Waals surface area contributed by atoms with E-state index in [4.69, 9.17) is 18.8 Å². The normalized spacial score (nSPS) is 18.8. The van der Waals surface area contributed by atoms with Gasteiger partial charge in [-0.1, -0.05) is 176 Å². The van der Waals surface area contributed by atoms with E-state index in [9.17, 15) is 0 Å². The Kier molecular flexibility index (Phi) is 14.8. The molecule has 2 N–H and O–H groups in total. The molecule has 6 heterocycles. The number of para-hydroxylation sites is 5. The molecule has 0 bridgehead atoms. The van der Waals surface area contributed by atoms with Crippen molar-refractivity contribution in [3.63, 3.8) is 0 Å². The molecule has 84 heavy (non-hydrogen) atoms. The number of hydrogen-bond donors (Lipinski definition) is 2. The molecule has 0 saturated carbocycles. The Morgan fingerprint density at radius 2 is 1.20 bits per heavy atom. The summed E-state index contributed by atoms with van der Waals surface area (Å²) in [5.74, 6) is 4.96. The van der Waals surface area contributed by atoms with Crippen molar-refractivity contribution in [3.05, 3.63) is 253 Å². The van der Waals surface area contributed by atoms with E-state index in [1.807, 2.05) is 96.2 Å². The van der Waals surface area contributed by atoms with Gasteiger partial charge in [0.2, 0.25) is 5.95 Å². The smallest absolute Gasteiger partial charge is 0.213 e. The van der Waals surface area contributed by atoms with E-state index in [0.29, 0.717) is 28.0 Å². The van der Waals surface area contributed by atoms with Crippen LogP contribution in [0, 0.1) is 18.8 Å². The standard InChI is InChI=1S/C72H67B2N8O.Pt/c1-70(2,3)48-33-36-61-54(43-48)51-35-34-50(46-65(51)82(61)69-78-59-29-11-12-30-62(59)79(69)10)83-66-45-49(44-60(77-66)67-55(71(4,5)6)25-20-26-56(67)72(7,8)9)80-47-81(64-32-14-13-31-63(64)80)68-52(57-27-21-41-75-39-17-15-37-73-57)23-19-24-53(68)58-28-22-42-76-40-18-16-38-74-58;/h11-44,47,75-76H,1-10H3;/q-3;/b37-15-,38-16-,39-17-,40-18-,41-21-,42-22-,57-27-,58-28-;/i10D3;. The maximum Gasteiger partial charge on any atom is 0.213 e. The van der Waals surface area contributed by atoms with Crippen molar-refractivity contribution in [1.29, 1.82) is 0 Å². The quantitative estimate of drug-likeness (QED) is 0.116. The number of ether oxygens (including phenoxy) is 1. The fourth-order valence-electron chi connectivity index (χ4n) is 11.2. The van der Waals surface area contributed by atoms with Crippen molar-refractivity contribution >= 4 is 81.1 Å². The Bertz CT molecular complexity index is 4290. The molecule has 0 unspecified atom stereocenters. The van der Waals surface area contributed by atoms with Gasteiger partial charge in [-0.15, -0.1) is 36.1 Å². The molecule has 0 aliphatic carbocycles. The predicted octanol–water partition coefficient (Wildman–Crippen LogP) is 16.8. The van der Waals surface area contributed by atoms with E-state index >= 15 is 0 Å². The number of nitrogens with one attached hydrogen (secondary N) is 2. The average Bonchev–Trinajstić information content (AvgIpc) is 1.69. The molecule has 0 fully saturated rings. The first-order valence-corrected chi connectivity index (χ1v) is 28.2. The van der Waals surface area contributed by atoms with Gasteiger partial charge < -0.3 is 34.3 Å². The van der Waals surface area contributed by atoms with Crippen LogP contribution in [-0.4, -0.2) is 33.7 Å². The summed E-state index contributed by atoms with van der Waals surface area (Å²) >= 11 is 0. The zero-order valence-electron chi connectivity index (χ0n) is 51.8. The van der Waals surface area contributed by atoms with Crippen molar-refractivity contribution in [2.45, 2.75) is 78.6 Å². The number of benzene rings is 6. The molecule has 12 rings (SSSR count). The molecule has 0 atom stereocenters. The number of rotatable bonds is 8. The summed E-state index contributed by atoms with van der Waals surface area (Å²) in [5, 5.41) is 8.29. The van der Waals surface area contributed by atoms with E-state index in [1.54, 1.807) is 6.07 Å². The first-order valence-electron chi connectivity index (χ1n) is 29.7. The zero-order valence-corrected chi connectivity index (χ0v) is 51.0. The van der Waals surface area contributed by atoms with Crippen LogP contribution in [0.3, 0.4) is 0 Å². The van der Waals surface area contributed by atoms with Gasteiger partial charge in [-0.05, 0) is 115 Å². The van der Waals surface area contributed by atoms with Gasteiger partial charge in [-0.25, -0.2) is 4.98 Å². The molecule has 0 amide bonds. The monoisotopic (exact) mass is 1280 g/mol. The third kappa shape index (κ3) is 11.2. The van der Waals surface area contributed by atoms with Gasteiger partial charge in [-0.2, -0.15) is 23.9 Å². The van der Waals surface area contributed by atoms with Crippen LogP contribution in [-0.2, 0) is 44.3 Å². The Labute approximate surface area is 515 Å². The largest absolute Gasteiger partial charge is 0.503 e. The van der Waals surface area contributed by atoms with Crippen molar-refractivity contribution in [3.8, 4) is 28.8 Å². The minimum Gasteiger partial charge on any atom is -0.503 e. The molecule has 3 aliphatic heterocycles. The van der Waals surface area contributed by atoms with E-state index in [0.717, 1.165) is 83.4 Å². The maximum absolute atomic E-state index is 8.87. The Morgan fingerprint density at radius 3 is 1.85 bits per heavy atom. The summed E-state index contributed by atoms with van der Waals surface area (Å²) in [5.41, 5.74) is 14.5. The summed E-state index contributed by atoms with van der Waals surface area (Å²) in [6.45, 7) is 19.6. The van der Waals surface area contributed by atoms with Crippen LogP contribution in [0.2, 0.25) is 0 Å². The van der Waals surface area contributed by atoms with Gasteiger partial charge in [0.05, 0.1) is 11.0 Å². The summed E-state index contributed by atoms with van der Waals surface area (Å²) in [4.78, 5) is 15.0. The van der Waals surface area contributed by atoms with Gasteiger partial charge in [-0.3, -0.25) is 4.98 Å². The van der Waals surface area contributed by atoms with E-state index < -0.39 is 6.98 Å². The van der Waals surface area contributed by atoms with Crippen LogP contribution < -0.4 is 25.2 Å². The average molecular weight is 1280 g/mol. The number of allylic oxidation sites excluding steroid dienone is 8. The van der Waals surface area contributed by atoms with Crippen LogP contribution in [0.4, 0.5) is 22.7 Å². The van der Waals surface area contributed by atoms with Crippen molar-refractivity contribution in [2.24, 2.45) is 6.98 Å². The first-order chi connectivity index (χ1) is 41.2. The molecule has 2 radical (unpaired) electrons. The summed E-state index contributed by atoms with van der Waals surface area (Å²) < 4.78 is 37.0. The van der Waals surface area contributed by atoms with E-state index in [-0.39, 0.29) is 49.1 Å². The Morgan fingerprint density at radius 1 is 0.583 bits per heavy atom. The molecule has 3 aromatic heterocycles. The molecule has 0 saturated heterocycles. The van der Waals surface area contributed by atoms with E-state index in [2.05, 4.69) is 225 Å². The van der Waals surface area contributed by atoms with Gasteiger partial charge in [0.1, 0.15) is 5.88 Å². The molecule has 9 nitrogen and oxygen atoms in total. The van der Waals surface area contributed by atoms with Crippen LogP contribution >= 0.6 is 0 Å². The van der Waals surface area contributed by atoms with Crippen LogP contribution in [0.5, 0.6) is 11.6 Å². The van der Waals surface area contributed by atoms with Crippen molar-refractivity contribution < 1.29 is 29.9 Å². The number of fused-ring (bicyclic) bond motifs is 5. The number of nitrogens with zero attached hydrogens (tertiary/aromatic N) is 6. The van der Waals surface area contributed by atoms with Crippen molar-refractivity contribution in [2.75, 3.05) is 9.80 Å². The second-order valence-corrected chi connectivity index (χ2v) is 24.1. The summed E-state index contributed by atoms with van der Waals surface area (Å²) in [7, 11) is 4.30. The number of hydrogen-bond acceptors (Lipinski definition) is 7. The number of aromatic nitrogens is 4. The van der Waals surface area contributed by atoms with Crippen LogP contribution in [0.15, 0.2) is 207 Å². The minimum atomic E-state index is -2.57. The number of imidazole rings is 1. The van der Waals surface area contributed by atoms with Gasteiger partial charge >= 0.3 is 0 Å². The molecule has 0 spiro atoms. The third-order valence-electron chi connectivity index (χ3n) is 15.2. The fraction of sp³-hybridized carbons (Fsp3) is 0.181. The third-order valence-corrected chi connectivity index (χ3v) is 15.2. The minimum absolute atomic E-state index is 0. The van der Waals surface area contributed by atoms with Gasteiger partial charge in [0.15, 0.2) is 14.6 Å². The van der Waals surface area contributed by atoms with E-state index in [1.165, 1.54) is 4.57 Å². The van der Waals surface area contributed by atoms with Gasteiger partial charge in [0, 0.05) is 85.3 Å². The van der Waals surface area contributed by atoms with Crippen LogP contribution in [0.1, 0.15) is 94.2 Å². The molecular formula is C72H67B2N8OPt-3. The van der Waals surface area contributed by atoms with Gasteiger partial charge in [0.25, 0.3) is 0 Å². The maximum atomic E-state index is 8.87. The summed E-state index contributed by atoms with van der Waals surface area (Å²) in [6, 6.07) is 48.6. The van der Waals surface area contributed by atoms with Crippen LogP contribution in [0.25, 0.3) is 61.0 Å². The molecule has 420 valence electrons. The number of pyridine rings is 1. The Hall–Kier alpha value is -8.52.